The third-order valence-electron chi connectivity index (χ3n) is 3.65. The van der Waals surface area contributed by atoms with Crippen LogP contribution in [0.2, 0.25) is 0 Å². The van der Waals surface area contributed by atoms with Gasteiger partial charge in [0.2, 0.25) is 10.0 Å². The SMILES string of the molecule is CCCOc1ccc(S(=O)(=O)N2C/C(=N\OC)C[C@H]2C(=O)NO)cc1. The predicted octanol–water partition coefficient (Wildman–Crippen LogP) is 0.746. The van der Waals surface area contributed by atoms with Crippen molar-refractivity contribution in [3.8, 4) is 5.75 Å². The fourth-order valence-corrected chi connectivity index (χ4v) is 4.06. The number of benzene rings is 1. The number of oxime groups is 1. The summed E-state index contributed by atoms with van der Waals surface area (Å²) in [5, 5.41) is 12.6. The second-order valence-corrected chi connectivity index (χ2v) is 7.30. The van der Waals surface area contributed by atoms with Crippen LogP contribution in [0, 0.1) is 0 Å². The van der Waals surface area contributed by atoms with Crippen molar-refractivity contribution in [2.24, 2.45) is 5.16 Å². The molecule has 0 aliphatic carbocycles. The van der Waals surface area contributed by atoms with Crippen LogP contribution in [0.25, 0.3) is 0 Å². The number of hydrogen-bond acceptors (Lipinski definition) is 7. The predicted molar refractivity (Wildman–Crippen MR) is 88.9 cm³/mol. The minimum Gasteiger partial charge on any atom is -0.494 e. The highest BCUT2D eigenvalue weighted by molar-refractivity contribution is 7.89. The van der Waals surface area contributed by atoms with E-state index in [1.54, 1.807) is 12.1 Å². The Balaban J connectivity index is 2.29. The Hall–Kier alpha value is -2.17. The Bertz CT molecular complexity index is 732. The summed E-state index contributed by atoms with van der Waals surface area (Å²) in [6.45, 7) is 2.41. The van der Waals surface area contributed by atoms with E-state index in [1.165, 1.54) is 24.7 Å². The molecule has 1 aromatic rings. The second kappa shape index (κ2) is 8.28. The molecular formula is C15H21N3O6S. The highest BCUT2D eigenvalue weighted by atomic mass is 32.2. The van der Waals surface area contributed by atoms with E-state index in [0.29, 0.717) is 18.1 Å². The molecule has 138 valence electrons. The van der Waals surface area contributed by atoms with Crippen molar-refractivity contribution in [3.63, 3.8) is 0 Å². The molecule has 1 aliphatic rings. The summed E-state index contributed by atoms with van der Waals surface area (Å²) in [5.74, 6) is -0.263. The maximum atomic E-state index is 12.9. The molecular weight excluding hydrogens is 350 g/mol. The zero-order valence-electron chi connectivity index (χ0n) is 14.0. The molecule has 0 saturated carbocycles. The van der Waals surface area contributed by atoms with Crippen LogP contribution in [0.1, 0.15) is 19.8 Å². The number of hydrogen-bond donors (Lipinski definition) is 2. The van der Waals surface area contributed by atoms with E-state index in [1.807, 2.05) is 6.92 Å². The van der Waals surface area contributed by atoms with E-state index in [2.05, 4.69) is 9.99 Å². The zero-order chi connectivity index (χ0) is 18.4. The molecule has 1 heterocycles. The van der Waals surface area contributed by atoms with E-state index in [4.69, 9.17) is 9.94 Å². The van der Waals surface area contributed by atoms with E-state index < -0.39 is 22.0 Å². The monoisotopic (exact) mass is 371 g/mol. The number of carbonyl (C=O) groups excluding carboxylic acids is 1. The molecule has 0 unspecified atom stereocenters. The smallest absolute Gasteiger partial charge is 0.262 e. The topological polar surface area (TPSA) is 118 Å². The lowest BCUT2D eigenvalue weighted by Crippen LogP contribution is -2.45. The van der Waals surface area contributed by atoms with Gasteiger partial charge in [0.25, 0.3) is 5.91 Å². The normalized spacial score (nSPS) is 19.8. The van der Waals surface area contributed by atoms with Gasteiger partial charge in [0, 0.05) is 6.42 Å². The molecule has 0 radical (unpaired) electrons. The molecule has 9 nitrogen and oxygen atoms in total. The fourth-order valence-electron chi connectivity index (χ4n) is 2.49. The molecule has 1 amide bonds. The summed E-state index contributed by atoms with van der Waals surface area (Å²) in [5.41, 5.74) is 1.89. The van der Waals surface area contributed by atoms with Crippen LogP contribution in [0.5, 0.6) is 5.75 Å². The van der Waals surface area contributed by atoms with Crippen molar-refractivity contribution in [2.45, 2.75) is 30.7 Å². The highest BCUT2D eigenvalue weighted by Gasteiger charge is 2.42. The highest BCUT2D eigenvalue weighted by Crippen LogP contribution is 2.26. The first-order chi connectivity index (χ1) is 11.9. The van der Waals surface area contributed by atoms with Crippen LogP contribution >= 0.6 is 0 Å². The number of amides is 1. The third kappa shape index (κ3) is 4.27. The number of nitrogens with one attached hydrogen (secondary N) is 1. The maximum Gasteiger partial charge on any atom is 0.262 e. The molecule has 2 N–H and O–H groups in total. The minimum atomic E-state index is -3.96. The molecule has 1 aromatic carbocycles. The Morgan fingerprint density at radius 2 is 2.08 bits per heavy atom. The van der Waals surface area contributed by atoms with Crippen molar-refractivity contribution >= 4 is 21.6 Å². The first-order valence-corrected chi connectivity index (χ1v) is 9.15. The molecule has 25 heavy (non-hydrogen) atoms. The third-order valence-corrected chi connectivity index (χ3v) is 5.52. The largest absolute Gasteiger partial charge is 0.494 e. The summed E-state index contributed by atoms with van der Waals surface area (Å²) >= 11 is 0. The van der Waals surface area contributed by atoms with Crippen LogP contribution in [-0.4, -0.2) is 55.9 Å². The first-order valence-electron chi connectivity index (χ1n) is 7.71. The molecule has 1 saturated heterocycles. The van der Waals surface area contributed by atoms with Crippen LogP contribution in [0.3, 0.4) is 0 Å². The van der Waals surface area contributed by atoms with Crippen molar-refractivity contribution in [1.29, 1.82) is 0 Å². The molecule has 1 atom stereocenters. The first kappa shape index (κ1) is 19.2. The lowest BCUT2D eigenvalue weighted by Gasteiger charge is -2.21. The van der Waals surface area contributed by atoms with E-state index in [-0.39, 0.29) is 17.9 Å². The Kier molecular flexibility index (Phi) is 6.34. The van der Waals surface area contributed by atoms with Crippen LogP contribution in [-0.2, 0) is 19.7 Å². The maximum absolute atomic E-state index is 12.9. The number of carbonyl (C=O) groups is 1. The van der Waals surface area contributed by atoms with Gasteiger partial charge in [0.1, 0.15) is 18.9 Å². The van der Waals surface area contributed by atoms with E-state index in [9.17, 15) is 13.2 Å². The van der Waals surface area contributed by atoms with Gasteiger partial charge >= 0.3 is 0 Å². The summed E-state index contributed by atoms with van der Waals surface area (Å²) in [4.78, 5) is 16.5. The zero-order valence-corrected chi connectivity index (χ0v) is 14.8. The number of hydroxylamine groups is 1. The van der Waals surface area contributed by atoms with E-state index >= 15 is 0 Å². The number of rotatable bonds is 7. The van der Waals surface area contributed by atoms with Crippen LogP contribution in [0.4, 0.5) is 0 Å². The quantitative estimate of drug-likeness (QED) is 0.539. The van der Waals surface area contributed by atoms with Crippen LogP contribution < -0.4 is 10.2 Å². The van der Waals surface area contributed by atoms with Gasteiger partial charge in [0.05, 0.1) is 23.8 Å². The Morgan fingerprint density at radius 1 is 1.40 bits per heavy atom. The Labute approximate surface area is 146 Å². The number of sulfonamides is 1. The fraction of sp³-hybridized carbons (Fsp3) is 0.467. The summed E-state index contributed by atoms with van der Waals surface area (Å²) < 4.78 is 32.2. The van der Waals surface area contributed by atoms with Crippen molar-refractivity contribution in [3.05, 3.63) is 24.3 Å². The summed E-state index contributed by atoms with van der Waals surface area (Å²) in [6, 6.07) is 4.85. The van der Waals surface area contributed by atoms with Gasteiger partial charge in [0.15, 0.2) is 0 Å². The number of ether oxygens (including phenoxy) is 1. The van der Waals surface area contributed by atoms with Gasteiger partial charge in [-0.3, -0.25) is 10.0 Å². The van der Waals surface area contributed by atoms with Gasteiger partial charge in [-0.2, -0.15) is 4.31 Å². The lowest BCUT2D eigenvalue weighted by molar-refractivity contribution is -0.132. The Morgan fingerprint density at radius 3 is 2.64 bits per heavy atom. The van der Waals surface area contributed by atoms with Gasteiger partial charge in [-0.05, 0) is 30.7 Å². The van der Waals surface area contributed by atoms with Gasteiger partial charge in [-0.25, -0.2) is 13.9 Å². The van der Waals surface area contributed by atoms with Crippen molar-refractivity contribution in [1.82, 2.24) is 9.79 Å². The lowest BCUT2D eigenvalue weighted by atomic mass is 10.2. The number of nitrogens with zero attached hydrogens (tertiary/aromatic N) is 2. The van der Waals surface area contributed by atoms with Gasteiger partial charge in [-0.1, -0.05) is 12.1 Å². The van der Waals surface area contributed by atoms with Gasteiger partial charge < -0.3 is 9.57 Å². The molecule has 1 fully saturated rings. The minimum absolute atomic E-state index is 0.0192. The van der Waals surface area contributed by atoms with Crippen LogP contribution in [0.15, 0.2) is 34.3 Å². The molecule has 10 heteroatoms. The molecule has 0 bridgehead atoms. The molecule has 1 aliphatic heterocycles. The standard InChI is InChI=1S/C15H21N3O6S/c1-3-8-24-12-4-6-13(7-5-12)25(21,22)18-10-11(17-23-2)9-14(18)15(19)16-20/h4-7,14,20H,3,8-10H2,1-2H3,(H,16,19)/b17-11-/t14-/m0/s1. The average Bonchev–Trinajstić information content (AvgIpc) is 3.05. The summed E-state index contributed by atoms with van der Waals surface area (Å²) in [6.07, 6.45) is 0.880. The van der Waals surface area contributed by atoms with Crippen molar-refractivity contribution < 1.29 is 28.0 Å². The van der Waals surface area contributed by atoms with E-state index in [0.717, 1.165) is 10.7 Å². The van der Waals surface area contributed by atoms with Gasteiger partial charge in [-0.15, -0.1) is 0 Å². The molecule has 0 aromatic heterocycles. The molecule has 0 spiro atoms. The summed E-state index contributed by atoms with van der Waals surface area (Å²) in [7, 11) is -2.63. The molecule has 2 rings (SSSR count). The van der Waals surface area contributed by atoms with Crippen molar-refractivity contribution in [2.75, 3.05) is 20.3 Å². The average molecular weight is 371 g/mol. The second-order valence-electron chi connectivity index (χ2n) is 5.41.